The van der Waals surface area contributed by atoms with Gasteiger partial charge in [0.1, 0.15) is 0 Å². The molecule has 0 amide bonds. The van der Waals surface area contributed by atoms with Gasteiger partial charge in [-0.25, -0.2) is 0 Å². The third-order valence-corrected chi connectivity index (χ3v) is 5.57. The van der Waals surface area contributed by atoms with Crippen LogP contribution in [0.15, 0.2) is 10.9 Å². The quantitative estimate of drug-likeness (QED) is 0.864. The van der Waals surface area contributed by atoms with Crippen LogP contribution in [0.25, 0.3) is 0 Å². The average Bonchev–Trinajstić information content (AvgIpc) is 2.59. The van der Waals surface area contributed by atoms with Gasteiger partial charge in [-0.1, -0.05) is 6.42 Å². The molecule has 134 valence electrons. The molecular weight excluding hydrogens is 300 g/mol. The summed E-state index contributed by atoms with van der Waals surface area (Å²) >= 11 is 0. The molecule has 0 bridgehead atoms. The second-order valence-corrected chi connectivity index (χ2v) is 7.42. The van der Waals surface area contributed by atoms with E-state index in [1.807, 2.05) is 14.0 Å². The van der Waals surface area contributed by atoms with E-state index >= 15 is 0 Å². The van der Waals surface area contributed by atoms with Crippen LogP contribution < -0.4 is 10.9 Å². The number of piperidine rings is 2. The van der Waals surface area contributed by atoms with Crippen molar-refractivity contribution in [2.75, 3.05) is 33.2 Å². The summed E-state index contributed by atoms with van der Waals surface area (Å²) < 4.78 is 0. The Balaban J connectivity index is 1.60. The van der Waals surface area contributed by atoms with Crippen molar-refractivity contribution in [1.82, 2.24) is 20.1 Å². The fourth-order valence-corrected chi connectivity index (χ4v) is 4.26. The molecule has 2 saturated heterocycles. The number of rotatable bonds is 5. The third kappa shape index (κ3) is 4.26. The van der Waals surface area contributed by atoms with Crippen molar-refractivity contribution in [2.24, 2.45) is 0 Å². The molecule has 0 spiro atoms. The van der Waals surface area contributed by atoms with Crippen LogP contribution in [0.4, 0.5) is 0 Å². The van der Waals surface area contributed by atoms with E-state index in [1.165, 1.54) is 50.8 Å². The predicted octanol–water partition coefficient (Wildman–Crippen LogP) is 1.85. The monoisotopic (exact) mass is 332 g/mol. The zero-order valence-corrected chi connectivity index (χ0v) is 15.2. The number of aromatic amines is 1. The number of hydrogen-bond acceptors (Lipinski definition) is 4. The van der Waals surface area contributed by atoms with Crippen LogP contribution in [0, 0.1) is 6.92 Å². The highest BCUT2D eigenvalue weighted by atomic mass is 16.1. The molecule has 3 rings (SSSR count). The lowest BCUT2D eigenvalue weighted by molar-refractivity contribution is 0.0895. The molecule has 0 radical (unpaired) electrons. The lowest BCUT2D eigenvalue weighted by atomic mass is 9.99. The van der Waals surface area contributed by atoms with Gasteiger partial charge in [-0.2, -0.15) is 0 Å². The van der Waals surface area contributed by atoms with Crippen LogP contribution >= 0.6 is 0 Å². The van der Waals surface area contributed by atoms with Crippen molar-refractivity contribution in [3.05, 3.63) is 33.2 Å². The van der Waals surface area contributed by atoms with Gasteiger partial charge in [0.2, 0.25) is 0 Å². The van der Waals surface area contributed by atoms with E-state index in [-0.39, 0.29) is 5.56 Å². The topological polar surface area (TPSA) is 51.4 Å². The van der Waals surface area contributed by atoms with Crippen molar-refractivity contribution < 1.29 is 0 Å². The first kappa shape index (κ1) is 17.6. The Morgan fingerprint density at radius 3 is 2.54 bits per heavy atom. The van der Waals surface area contributed by atoms with Crippen molar-refractivity contribution in [3.8, 4) is 0 Å². The van der Waals surface area contributed by atoms with E-state index in [2.05, 4.69) is 26.2 Å². The standard InChI is InChI=1S/C19H32N4O/c1-15-12-16(18(13-20-2)19(24)21-15)14-22-10-6-17(7-11-22)23-8-4-3-5-9-23/h12,17,20H,3-11,13-14H2,1-2H3,(H,21,24). The fraction of sp³-hybridized carbons (Fsp3) is 0.737. The molecule has 24 heavy (non-hydrogen) atoms. The number of nitrogens with zero attached hydrogens (tertiary/aromatic N) is 2. The molecule has 1 aromatic heterocycles. The highest BCUT2D eigenvalue weighted by Gasteiger charge is 2.26. The summed E-state index contributed by atoms with van der Waals surface area (Å²) in [6, 6.07) is 2.92. The van der Waals surface area contributed by atoms with Gasteiger partial charge in [0.05, 0.1) is 0 Å². The van der Waals surface area contributed by atoms with E-state index in [9.17, 15) is 4.79 Å². The average molecular weight is 332 g/mol. The number of likely N-dealkylation sites (tertiary alicyclic amines) is 2. The second kappa shape index (κ2) is 8.28. The molecule has 2 aliphatic heterocycles. The molecule has 5 nitrogen and oxygen atoms in total. The van der Waals surface area contributed by atoms with Crippen LogP contribution in [0.5, 0.6) is 0 Å². The number of aryl methyl sites for hydroxylation is 1. The van der Waals surface area contributed by atoms with Gasteiger partial charge in [0, 0.05) is 30.4 Å². The first-order chi connectivity index (χ1) is 11.7. The number of H-pyrrole nitrogens is 1. The van der Waals surface area contributed by atoms with E-state index in [4.69, 9.17) is 0 Å². The molecule has 0 unspecified atom stereocenters. The van der Waals surface area contributed by atoms with Gasteiger partial charge in [-0.3, -0.25) is 9.69 Å². The Labute approximate surface area is 145 Å². The molecule has 0 atom stereocenters. The summed E-state index contributed by atoms with van der Waals surface area (Å²) in [5, 5.41) is 3.13. The van der Waals surface area contributed by atoms with Crippen LogP contribution in [0.2, 0.25) is 0 Å². The Hall–Kier alpha value is -1.17. The van der Waals surface area contributed by atoms with Crippen molar-refractivity contribution in [3.63, 3.8) is 0 Å². The Kier molecular flexibility index (Phi) is 6.09. The summed E-state index contributed by atoms with van der Waals surface area (Å²) in [6.07, 6.45) is 6.69. The Morgan fingerprint density at radius 1 is 1.17 bits per heavy atom. The van der Waals surface area contributed by atoms with Crippen LogP contribution in [0.1, 0.15) is 48.9 Å². The van der Waals surface area contributed by atoms with Gasteiger partial charge in [-0.15, -0.1) is 0 Å². The van der Waals surface area contributed by atoms with Crippen molar-refractivity contribution >= 4 is 0 Å². The normalized spacial score (nSPS) is 21.2. The van der Waals surface area contributed by atoms with Gasteiger partial charge in [-0.05, 0) is 77.5 Å². The molecule has 3 heterocycles. The zero-order valence-electron chi connectivity index (χ0n) is 15.2. The SMILES string of the molecule is CNCc1c(CN2CCC(N3CCCCC3)CC2)cc(C)[nH]c1=O. The van der Waals surface area contributed by atoms with Crippen molar-refractivity contribution in [2.45, 2.75) is 58.2 Å². The van der Waals surface area contributed by atoms with Gasteiger partial charge in [0.15, 0.2) is 0 Å². The minimum Gasteiger partial charge on any atom is -0.326 e. The zero-order chi connectivity index (χ0) is 16.9. The highest BCUT2D eigenvalue weighted by Crippen LogP contribution is 2.22. The number of aromatic nitrogens is 1. The fourth-order valence-electron chi connectivity index (χ4n) is 4.26. The lowest BCUT2D eigenvalue weighted by Crippen LogP contribution is -2.46. The molecule has 2 fully saturated rings. The minimum atomic E-state index is 0.0579. The summed E-state index contributed by atoms with van der Waals surface area (Å²) in [5.74, 6) is 0. The molecule has 2 N–H and O–H groups in total. The summed E-state index contributed by atoms with van der Waals surface area (Å²) in [4.78, 5) is 20.4. The van der Waals surface area contributed by atoms with Gasteiger partial charge >= 0.3 is 0 Å². The van der Waals surface area contributed by atoms with Crippen LogP contribution in [-0.2, 0) is 13.1 Å². The van der Waals surface area contributed by atoms with Crippen molar-refractivity contribution in [1.29, 1.82) is 0 Å². The summed E-state index contributed by atoms with van der Waals surface area (Å²) in [7, 11) is 1.90. The van der Waals surface area contributed by atoms with E-state index in [1.54, 1.807) is 0 Å². The highest BCUT2D eigenvalue weighted by molar-refractivity contribution is 5.26. The summed E-state index contributed by atoms with van der Waals surface area (Å²) in [6.45, 7) is 8.38. The van der Waals surface area contributed by atoms with E-state index in [0.717, 1.165) is 36.9 Å². The number of pyridine rings is 1. The van der Waals surface area contributed by atoms with E-state index in [0.29, 0.717) is 6.54 Å². The molecular formula is C19H32N4O. The molecule has 5 heteroatoms. The molecule has 0 aliphatic carbocycles. The summed E-state index contributed by atoms with van der Waals surface area (Å²) in [5.41, 5.74) is 3.09. The first-order valence-electron chi connectivity index (χ1n) is 9.50. The smallest absolute Gasteiger partial charge is 0.252 e. The largest absolute Gasteiger partial charge is 0.326 e. The minimum absolute atomic E-state index is 0.0579. The lowest BCUT2D eigenvalue weighted by Gasteiger charge is -2.40. The third-order valence-electron chi connectivity index (χ3n) is 5.57. The molecule has 0 saturated carbocycles. The van der Waals surface area contributed by atoms with Gasteiger partial charge in [0.25, 0.3) is 5.56 Å². The second-order valence-electron chi connectivity index (χ2n) is 7.42. The Morgan fingerprint density at radius 2 is 1.88 bits per heavy atom. The maximum absolute atomic E-state index is 12.2. The number of hydrogen-bond donors (Lipinski definition) is 2. The molecule has 0 aromatic carbocycles. The maximum Gasteiger partial charge on any atom is 0.252 e. The molecule has 2 aliphatic rings. The maximum atomic E-state index is 12.2. The predicted molar refractivity (Wildman–Crippen MR) is 98.3 cm³/mol. The first-order valence-corrected chi connectivity index (χ1v) is 9.50. The van der Waals surface area contributed by atoms with E-state index < -0.39 is 0 Å². The Bertz CT molecular complexity index is 584. The number of nitrogens with one attached hydrogen (secondary N) is 2. The van der Waals surface area contributed by atoms with Gasteiger partial charge < -0.3 is 15.2 Å². The van der Waals surface area contributed by atoms with Crippen LogP contribution in [-0.4, -0.2) is 54.1 Å². The molecule has 1 aromatic rings. The van der Waals surface area contributed by atoms with Crippen LogP contribution in [0.3, 0.4) is 0 Å².